The molecule has 1 radical (unpaired) electrons. The summed E-state index contributed by atoms with van der Waals surface area (Å²) in [5.74, 6) is 1.51. The Kier molecular flexibility index (Phi) is 2.54. The molecular formula is C12H16NOS. The summed E-state index contributed by atoms with van der Waals surface area (Å²) >= 11 is 1.61. The van der Waals surface area contributed by atoms with Crippen molar-refractivity contribution < 1.29 is 5.11 Å². The lowest BCUT2D eigenvalue weighted by Gasteiger charge is -2.45. The third-order valence-corrected chi connectivity index (χ3v) is 4.67. The Morgan fingerprint density at radius 1 is 1.47 bits per heavy atom. The maximum atomic E-state index is 9.27. The van der Waals surface area contributed by atoms with Crippen LogP contribution in [0.15, 0.2) is 5.38 Å². The third kappa shape index (κ3) is 1.63. The number of thiophene rings is 1. The molecule has 15 heavy (non-hydrogen) atoms. The van der Waals surface area contributed by atoms with Gasteiger partial charge in [-0.05, 0) is 42.8 Å². The monoisotopic (exact) mass is 222 g/mol. The second-order valence-corrected chi connectivity index (χ2v) is 5.35. The van der Waals surface area contributed by atoms with Gasteiger partial charge in [0, 0.05) is 18.0 Å². The molecule has 0 spiro atoms. The fraction of sp³-hybridized carbons (Fsp3) is 0.667. The summed E-state index contributed by atoms with van der Waals surface area (Å²) in [7, 11) is 0. The van der Waals surface area contributed by atoms with Crippen molar-refractivity contribution in [1.29, 1.82) is 0 Å². The highest BCUT2D eigenvalue weighted by Gasteiger charge is 2.35. The van der Waals surface area contributed by atoms with Crippen molar-refractivity contribution in [2.45, 2.75) is 25.4 Å². The molecule has 2 nitrogen and oxygen atoms in total. The van der Waals surface area contributed by atoms with Crippen LogP contribution in [-0.4, -0.2) is 29.6 Å². The van der Waals surface area contributed by atoms with Crippen molar-refractivity contribution >= 4 is 11.3 Å². The molecule has 81 valence electrons. The Bertz CT molecular complexity index is 341. The lowest BCUT2D eigenvalue weighted by Crippen LogP contribution is -2.46. The molecule has 1 atom stereocenters. The van der Waals surface area contributed by atoms with Crippen LogP contribution < -0.4 is 0 Å². The van der Waals surface area contributed by atoms with Gasteiger partial charge in [-0.2, -0.15) is 0 Å². The summed E-state index contributed by atoms with van der Waals surface area (Å²) in [6.07, 6.45) is 2.68. The minimum atomic E-state index is 0.155. The summed E-state index contributed by atoms with van der Waals surface area (Å²) in [5.41, 5.74) is 2.41. The van der Waals surface area contributed by atoms with Crippen LogP contribution in [0.5, 0.6) is 0 Å². The first-order valence-electron chi connectivity index (χ1n) is 5.69. The Hall–Kier alpha value is -0.380. The maximum Gasteiger partial charge on any atom is 0.0699 e. The summed E-state index contributed by atoms with van der Waals surface area (Å²) in [5, 5.41) is 14.6. The van der Waals surface area contributed by atoms with E-state index in [1.807, 2.05) is 0 Å². The third-order valence-electron chi connectivity index (χ3n) is 3.93. The minimum Gasteiger partial charge on any atom is -0.392 e. The second-order valence-electron chi connectivity index (χ2n) is 4.67. The fourth-order valence-corrected chi connectivity index (χ4v) is 3.87. The van der Waals surface area contributed by atoms with E-state index in [0.29, 0.717) is 5.92 Å². The molecule has 3 aliphatic heterocycles. The first-order valence-corrected chi connectivity index (χ1v) is 6.57. The van der Waals surface area contributed by atoms with Gasteiger partial charge in [0.25, 0.3) is 0 Å². The molecule has 1 N–H and O–H groups in total. The standard InChI is InChI=1S/C12H16NOS/c14-6-10-7-15-8-12(10)11-5-13-3-1-9(11)2-4-13/h8-9,11,14H,1-6H2. The molecule has 2 bridgehead atoms. The molecule has 4 rings (SSSR count). The van der Waals surface area contributed by atoms with Gasteiger partial charge in [0.2, 0.25) is 0 Å². The van der Waals surface area contributed by atoms with Crippen molar-refractivity contribution in [3.8, 4) is 0 Å². The fourth-order valence-electron chi connectivity index (χ4n) is 3.05. The van der Waals surface area contributed by atoms with Crippen LogP contribution in [0.1, 0.15) is 29.9 Å². The van der Waals surface area contributed by atoms with E-state index in [4.69, 9.17) is 0 Å². The van der Waals surface area contributed by atoms with Gasteiger partial charge in [0.1, 0.15) is 0 Å². The van der Waals surface area contributed by atoms with E-state index >= 15 is 0 Å². The van der Waals surface area contributed by atoms with E-state index < -0.39 is 0 Å². The van der Waals surface area contributed by atoms with E-state index in [1.165, 1.54) is 38.0 Å². The highest BCUT2D eigenvalue weighted by atomic mass is 32.1. The number of nitrogens with zero attached hydrogens (tertiary/aromatic N) is 1. The first kappa shape index (κ1) is 9.82. The SMILES string of the molecule is OCc1[c]scc1C1CN2CCC1CC2. The van der Waals surface area contributed by atoms with Crippen LogP contribution in [0, 0.1) is 11.3 Å². The van der Waals surface area contributed by atoms with Gasteiger partial charge in [-0.15, -0.1) is 11.3 Å². The summed E-state index contributed by atoms with van der Waals surface area (Å²) in [6.45, 7) is 3.91. The van der Waals surface area contributed by atoms with Gasteiger partial charge in [-0.25, -0.2) is 0 Å². The van der Waals surface area contributed by atoms with E-state index in [1.54, 1.807) is 11.3 Å². The van der Waals surface area contributed by atoms with Gasteiger partial charge in [0.15, 0.2) is 0 Å². The zero-order chi connectivity index (χ0) is 10.3. The van der Waals surface area contributed by atoms with Crippen LogP contribution in [0.3, 0.4) is 0 Å². The van der Waals surface area contributed by atoms with Crippen LogP contribution in [0.2, 0.25) is 0 Å². The number of piperidine rings is 3. The molecule has 0 saturated carbocycles. The molecule has 3 saturated heterocycles. The second kappa shape index (κ2) is 3.89. The summed E-state index contributed by atoms with van der Waals surface area (Å²) < 4.78 is 0. The number of aliphatic hydroxyl groups is 1. The van der Waals surface area contributed by atoms with Gasteiger partial charge >= 0.3 is 0 Å². The first-order chi connectivity index (χ1) is 7.38. The van der Waals surface area contributed by atoms with Crippen molar-refractivity contribution in [1.82, 2.24) is 4.90 Å². The number of aliphatic hydroxyl groups excluding tert-OH is 1. The molecule has 1 aromatic rings. The van der Waals surface area contributed by atoms with Crippen molar-refractivity contribution in [3.05, 3.63) is 21.9 Å². The molecule has 0 aliphatic carbocycles. The maximum absolute atomic E-state index is 9.27. The zero-order valence-corrected chi connectivity index (χ0v) is 9.59. The number of hydrogen-bond acceptors (Lipinski definition) is 3. The summed E-state index contributed by atoms with van der Waals surface area (Å²) in [6, 6.07) is 0. The van der Waals surface area contributed by atoms with Crippen molar-refractivity contribution in [3.63, 3.8) is 0 Å². The van der Waals surface area contributed by atoms with E-state index in [0.717, 1.165) is 11.5 Å². The van der Waals surface area contributed by atoms with E-state index in [2.05, 4.69) is 15.7 Å². The van der Waals surface area contributed by atoms with Crippen molar-refractivity contribution in [2.24, 2.45) is 5.92 Å². The highest BCUT2D eigenvalue weighted by Crippen LogP contribution is 2.40. The zero-order valence-electron chi connectivity index (χ0n) is 8.78. The average molecular weight is 222 g/mol. The lowest BCUT2D eigenvalue weighted by molar-refractivity contribution is 0.0863. The molecule has 1 aromatic heterocycles. The normalized spacial score (nSPS) is 34.6. The Morgan fingerprint density at radius 3 is 2.87 bits per heavy atom. The average Bonchev–Trinajstić information content (AvgIpc) is 2.78. The Balaban J connectivity index is 1.88. The molecule has 0 amide bonds. The number of rotatable bonds is 2. The van der Waals surface area contributed by atoms with Crippen LogP contribution >= 0.6 is 11.3 Å². The predicted molar refractivity (Wildman–Crippen MR) is 61.0 cm³/mol. The van der Waals surface area contributed by atoms with Gasteiger partial charge < -0.3 is 10.0 Å². The molecule has 3 heteroatoms. The van der Waals surface area contributed by atoms with E-state index in [9.17, 15) is 5.11 Å². The lowest BCUT2D eigenvalue weighted by atomic mass is 9.75. The molecule has 1 unspecified atom stereocenters. The molecule has 3 fully saturated rings. The Labute approximate surface area is 94.5 Å². The quantitative estimate of drug-likeness (QED) is 0.825. The van der Waals surface area contributed by atoms with Gasteiger partial charge in [-0.1, -0.05) is 0 Å². The highest BCUT2D eigenvalue weighted by molar-refractivity contribution is 7.07. The van der Waals surface area contributed by atoms with Gasteiger partial charge in [-0.3, -0.25) is 0 Å². The van der Waals surface area contributed by atoms with Crippen LogP contribution in [0.4, 0.5) is 0 Å². The summed E-state index contributed by atoms with van der Waals surface area (Å²) in [4.78, 5) is 2.56. The molecule has 4 heterocycles. The van der Waals surface area contributed by atoms with Crippen LogP contribution in [0.25, 0.3) is 0 Å². The van der Waals surface area contributed by atoms with Crippen molar-refractivity contribution in [2.75, 3.05) is 19.6 Å². The number of hydrogen-bond donors (Lipinski definition) is 1. The van der Waals surface area contributed by atoms with Gasteiger partial charge in [0.05, 0.1) is 12.0 Å². The smallest absolute Gasteiger partial charge is 0.0699 e. The van der Waals surface area contributed by atoms with E-state index in [-0.39, 0.29) is 6.61 Å². The minimum absolute atomic E-state index is 0.155. The largest absolute Gasteiger partial charge is 0.392 e. The predicted octanol–water partition coefficient (Wildman–Crippen LogP) is 1.85. The molecular weight excluding hydrogens is 206 g/mol. The Morgan fingerprint density at radius 2 is 2.27 bits per heavy atom. The van der Waals surface area contributed by atoms with Crippen LogP contribution in [-0.2, 0) is 6.61 Å². The molecule has 0 aromatic carbocycles. The number of fused-ring (bicyclic) bond motifs is 3. The topological polar surface area (TPSA) is 23.5 Å². The molecule has 3 aliphatic rings.